The van der Waals surface area contributed by atoms with Gasteiger partial charge in [0.2, 0.25) is 10.0 Å². The average Bonchev–Trinajstić information content (AvgIpc) is 3.12. The summed E-state index contributed by atoms with van der Waals surface area (Å²) >= 11 is 0. The number of pyridine rings is 1. The van der Waals surface area contributed by atoms with Crippen molar-refractivity contribution in [3.63, 3.8) is 0 Å². The van der Waals surface area contributed by atoms with E-state index in [0.29, 0.717) is 28.5 Å². The Morgan fingerprint density at radius 2 is 1.97 bits per heavy atom. The molecule has 0 saturated carbocycles. The zero-order valence-corrected chi connectivity index (χ0v) is 16.6. The van der Waals surface area contributed by atoms with E-state index in [1.165, 1.54) is 7.11 Å². The molecule has 11 heteroatoms. The van der Waals surface area contributed by atoms with Gasteiger partial charge in [-0.3, -0.25) is 14.6 Å². The Bertz CT molecular complexity index is 1130. The lowest BCUT2D eigenvalue weighted by Crippen LogP contribution is -2.14. The van der Waals surface area contributed by atoms with Crippen LogP contribution in [0.25, 0.3) is 11.3 Å². The van der Waals surface area contributed by atoms with Crippen LogP contribution in [0.1, 0.15) is 17.3 Å². The fourth-order valence-corrected chi connectivity index (χ4v) is 3.21. The highest BCUT2D eigenvalue weighted by Gasteiger charge is 2.20. The predicted molar refractivity (Wildman–Crippen MR) is 110 cm³/mol. The molecule has 0 aliphatic carbocycles. The number of H-pyrrole nitrogens is 1. The summed E-state index contributed by atoms with van der Waals surface area (Å²) in [5.41, 5.74) is 7.13. The minimum absolute atomic E-state index is 0.0333. The lowest BCUT2D eigenvalue weighted by molar-refractivity contribution is 0.100. The van der Waals surface area contributed by atoms with Crippen molar-refractivity contribution in [2.24, 2.45) is 5.73 Å². The van der Waals surface area contributed by atoms with Gasteiger partial charge in [0, 0.05) is 23.5 Å². The Morgan fingerprint density at radius 1 is 1.24 bits per heavy atom. The molecule has 1 aromatic carbocycles. The van der Waals surface area contributed by atoms with E-state index < -0.39 is 15.9 Å². The molecular weight excluding hydrogens is 396 g/mol. The summed E-state index contributed by atoms with van der Waals surface area (Å²) in [6, 6.07) is 9.82. The number of ether oxygens (including phenoxy) is 1. The fraction of sp³-hybridized carbons (Fsp3) is 0.167. The Labute approximate surface area is 167 Å². The molecule has 0 radical (unpaired) electrons. The fourth-order valence-electron chi connectivity index (χ4n) is 2.57. The Hall–Kier alpha value is -3.60. The summed E-state index contributed by atoms with van der Waals surface area (Å²) in [7, 11) is -1.85. The van der Waals surface area contributed by atoms with Crippen LogP contribution in [0.4, 0.5) is 17.3 Å². The molecule has 0 atom stereocenters. The summed E-state index contributed by atoms with van der Waals surface area (Å²) in [5.74, 6) is 0.506. The molecular formula is C18H20N6O4S. The van der Waals surface area contributed by atoms with Crippen LogP contribution in [0, 0.1) is 0 Å². The van der Waals surface area contributed by atoms with E-state index in [1.54, 1.807) is 49.5 Å². The van der Waals surface area contributed by atoms with Gasteiger partial charge in [0.1, 0.15) is 17.1 Å². The molecule has 0 fully saturated rings. The monoisotopic (exact) mass is 416 g/mol. The van der Waals surface area contributed by atoms with Gasteiger partial charge in [-0.25, -0.2) is 13.4 Å². The quantitative estimate of drug-likeness (QED) is 0.439. The molecule has 5 N–H and O–H groups in total. The van der Waals surface area contributed by atoms with Gasteiger partial charge in [-0.2, -0.15) is 5.10 Å². The number of hydrogen-bond donors (Lipinski definition) is 4. The maximum atomic E-state index is 12.1. The van der Waals surface area contributed by atoms with Crippen LogP contribution < -0.4 is 20.5 Å². The van der Waals surface area contributed by atoms with E-state index in [0.717, 1.165) is 0 Å². The molecule has 0 bridgehead atoms. The number of carbonyl (C=O) groups is 1. The van der Waals surface area contributed by atoms with Crippen molar-refractivity contribution in [1.29, 1.82) is 0 Å². The Balaban J connectivity index is 1.91. The second-order valence-corrected chi connectivity index (χ2v) is 7.99. The molecule has 2 aromatic heterocycles. The molecule has 29 heavy (non-hydrogen) atoms. The number of nitrogens with two attached hydrogens (primary N) is 1. The minimum Gasteiger partial charge on any atom is -0.497 e. The number of anilines is 3. The van der Waals surface area contributed by atoms with E-state index in [2.05, 4.69) is 25.2 Å². The van der Waals surface area contributed by atoms with Gasteiger partial charge >= 0.3 is 0 Å². The van der Waals surface area contributed by atoms with Crippen molar-refractivity contribution in [1.82, 2.24) is 15.2 Å². The SMILES string of the molecule is CCS(=O)(=O)Nc1ccc(-c2[nH]nc(Nc3cc(OC)ccn3)c2C(N)=O)cc1. The number of primary amides is 1. The topological polar surface area (TPSA) is 152 Å². The number of sulfonamides is 1. The van der Waals surface area contributed by atoms with Gasteiger partial charge in [0.25, 0.3) is 5.91 Å². The number of aromatic nitrogens is 3. The Morgan fingerprint density at radius 3 is 2.59 bits per heavy atom. The summed E-state index contributed by atoms with van der Waals surface area (Å²) in [6.07, 6.45) is 1.55. The summed E-state index contributed by atoms with van der Waals surface area (Å²) < 4.78 is 31.0. The molecule has 10 nitrogen and oxygen atoms in total. The van der Waals surface area contributed by atoms with E-state index in [9.17, 15) is 13.2 Å². The molecule has 2 heterocycles. The van der Waals surface area contributed by atoms with Crippen LogP contribution >= 0.6 is 0 Å². The third kappa shape index (κ3) is 4.63. The lowest BCUT2D eigenvalue weighted by atomic mass is 10.1. The highest BCUT2D eigenvalue weighted by Crippen LogP contribution is 2.29. The lowest BCUT2D eigenvalue weighted by Gasteiger charge is -2.08. The van der Waals surface area contributed by atoms with Crippen molar-refractivity contribution >= 4 is 33.3 Å². The molecule has 0 saturated heterocycles. The molecule has 152 valence electrons. The second-order valence-electron chi connectivity index (χ2n) is 5.98. The van der Waals surface area contributed by atoms with Crippen LogP contribution in [-0.2, 0) is 10.0 Å². The summed E-state index contributed by atoms with van der Waals surface area (Å²) in [6.45, 7) is 1.55. The maximum absolute atomic E-state index is 12.1. The number of nitrogens with zero attached hydrogens (tertiary/aromatic N) is 2. The average molecular weight is 416 g/mol. The van der Waals surface area contributed by atoms with Crippen molar-refractivity contribution in [3.05, 3.63) is 48.2 Å². The molecule has 0 aliphatic rings. The number of rotatable bonds is 8. The van der Waals surface area contributed by atoms with Gasteiger partial charge in [-0.15, -0.1) is 0 Å². The smallest absolute Gasteiger partial charge is 0.254 e. The molecule has 3 aromatic rings. The van der Waals surface area contributed by atoms with Crippen molar-refractivity contribution in [2.75, 3.05) is 22.9 Å². The van der Waals surface area contributed by atoms with Crippen LogP contribution in [0.15, 0.2) is 42.6 Å². The first-order chi connectivity index (χ1) is 13.8. The van der Waals surface area contributed by atoms with E-state index >= 15 is 0 Å². The molecule has 1 amide bonds. The van der Waals surface area contributed by atoms with Crippen LogP contribution in [0.3, 0.4) is 0 Å². The van der Waals surface area contributed by atoms with E-state index in [4.69, 9.17) is 10.5 Å². The van der Waals surface area contributed by atoms with Gasteiger partial charge < -0.3 is 15.8 Å². The van der Waals surface area contributed by atoms with E-state index in [-0.39, 0.29) is 17.1 Å². The second kappa shape index (κ2) is 8.19. The third-order valence-corrected chi connectivity index (χ3v) is 5.36. The first-order valence-electron chi connectivity index (χ1n) is 8.59. The number of carbonyl (C=O) groups excluding carboxylic acids is 1. The van der Waals surface area contributed by atoms with Crippen molar-refractivity contribution in [3.8, 4) is 17.0 Å². The summed E-state index contributed by atoms with van der Waals surface area (Å²) in [5, 5.41) is 9.86. The number of aromatic amines is 1. The standard InChI is InChI=1S/C18H20N6O4S/c1-3-29(26,27)24-12-6-4-11(5-7-12)16-15(17(19)25)18(23-22-16)21-14-10-13(28-2)8-9-20-14/h4-10,24H,3H2,1-2H3,(H2,19,25)(H2,20,21,22,23). The van der Waals surface area contributed by atoms with Crippen molar-refractivity contribution in [2.45, 2.75) is 6.92 Å². The molecule has 0 spiro atoms. The highest BCUT2D eigenvalue weighted by atomic mass is 32.2. The molecule has 0 aliphatic heterocycles. The number of methoxy groups -OCH3 is 1. The first kappa shape index (κ1) is 20.1. The van der Waals surface area contributed by atoms with Crippen LogP contribution in [0.5, 0.6) is 5.75 Å². The number of hydrogen-bond acceptors (Lipinski definition) is 7. The Kier molecular flexibility index (Phi) is 5.69. The zero-order chi connectivity index (χ0) is 21.0. The number of amides is 1. The molecule has 3 rings (SSSR count). The molecule has 0 unspecified atom stereocenters. The number of benzene rings is 1. The van der Waals surface area contributed by atoms with Gasteiger partial charge in [-0.1, -0.05) is 12.1 Å². The van der Waals surface area contributed by atoms with Crippen LogP contribution in [0.2, 0.25) is 0 Å². The van der Waals surface area contributed by atoms with Crippen LogP contribution in [-0.4, -0.2) is 42.4 Å². The summed E-state index contributed by atoms with van der Waals surface area (Å²) in [4.78, 5) is 16.2. The van der Waals surface area contributed by atoms with Crippen molar-refractivity contribution < 1.29 is 17.9 Å². The highest BCUT2D eigenvalue weighted by molar-refractivity contribution is 7.92. The normalized spacial score (nSPS) is 11.1. The largest absolute Gasteiger partial charge is 0.497 e. The van der Waals surface area contributed by atoms with Gasteiger partial charge in [-0.05, 0) is 25.1 Å². The van der Waals surface area contributed by atoms with E-state index in [1.807, 2.05) is 0 Å². The predicted octanol–water partition coefficient (Wildman–Crippen LogP) is 2.08. The first-order valence-corrected chi connectivity index (χ1v) is 10.2. The minimum atomic E-state index is -3.38. The number of nitrogens with one attached hydrogen (secondary N) is 3. The van der Waals surface area contributed by atoms with Gasteiger partial charge in [0.05, 0.1) is 18.6 Å². The van der Waals surface area contributed by atoms with Gasteiger partial charge in [0.15, 0.2) is 5.82 Å². The maximum Gasteiger partial charge on any atom is 0.254 e. The third-order valence-electron chi connectivity index (χ3n) is 4.05. The zero-order valence-electron chi connectivity index (χ0n) is 15.8.